The first-order valence-corrected chi connectivity index (χ1v) is 9.42. The number of aryl methyl sites for hydroxylation is 1. The number of aromatic nitrogens is 2. The molecule has 5 rings (SSSR count). The minimum atomic E-state index is -0.139. The van der Waals surface area contributed by atoms with E-state index in [-0.39, 0.29) is 5.91 Å². The van der Waals surface area contributed by atoms with Gasteiger partial charge in [0.25, 0.3) is 5.91 Å². The summed E-state index contributed by atoms with van der Waals surface area (Å²) in [7, 11) is 0. The Bertz CT molecular complexity index is 1230. The summed E-state index contributed by atoms with van der Waals surface area (Å²) in [6, 6.07) is 17.1. The molecule has 0 saturated heterocycles. The summed E-state index contributed by atoms with van der Waals surface area (Å²) in [5.74, 6) is 1.35. The van der Waals surface area contributed by atoms with E-state index in [0.717, 1.165) is 34.0 Å². The largest absolute Gasteiger partial charge is 0.486 e. The Kier molecular flexibility index (Phi) is 4.17. The van der Waals surface area contributed by atoms with Crippen molar-refractivity contribution < 1.29 is 14.3 Å². The van der Waals surface area contributed by atoms with Crippen LogP contribution in [0, 0.1) is 6.92 Å². The Hall–Kier alpha value is -3.80. The first kappa shape index (κ1) is 17.3. The van der Waals surface area contributed by atoms with Gasteiger partial charge in [0.2, 0.25) is 0 Å². The lowest BCUT2D eigenvalue weighted by molar-refractivity contribution is 0.102. The molecule has 1 aliphatic heterocycles. The quantitative estimate of drug-likeness (QED) is 0.570. The first-order chi connectivity index (χ1) is 14.2. The summed E-state index contributed by atoms with van der Waals surface area (Å²) in [5.41, 5.74) is 4.95. The van der Waals surface area contributed by atoms with Gasteiger partial charge in [-0.3, -0.25) is 4.79 Å². The van der Waals surface area contributed by atoms with Crippen molar-refractivity contribution in [2.24, 2.45) is 0 Å². The number of rotatable bonds is 3. The molecule has 0 radical (unpaired) electrons. The average molecular weight is 385 g/mol. The fourth-order valence-corrected chi connectivity index (χ4v) is 3.40. The summed E-state index contributed by atoms with van der Waals surface area (Å²) in [4.78, 5) is 17.2. The Morgan fingerprint density at radius 3 is 2.72 bits per heavy atom. The van der Waals surface area contributed by atoms with E-state index in [4.69, 9.17) is 9.47 Å². The van der Waals surface area contributed by atoms with Crippen LogP contribution < -0.4 is 14.8 Å². The molecule has 0 saturated carbocycles. The lowest BCUT2D eigenvalue weighted by atomic mass is 10.1. The van der Waals surface area contributed by atoms with Gasteiger partial charge < -0.3 is 19.2 Å². The smallest absolute Gasteiger partial charge is 0.255 e. The molecule has 2 aromatic carbocycles. The molecule has 2 aromatic heterocycles. The molecule has 0 atom stereocenters. The van der Waals surface area contributed by atoms with E-state index < -0.39 is 0 Å². The van der Waals surface area contributed by atoms with Gasteiger partial charge in [0, 0.05) is 23.5 Å². The summed E-state index contributed by atoms with van der Waals surface area (Å²) in [5, 5.41) is 2.94. The van der Waals surface area contributed by atoms with Crippen LogP contribution >= 0.6 is 0 Å². The number of ether oxygens (including phenoxy) is 2. The summed E-state index contributed by atoms with van der Waals surface area (Å²) in [6.07, 6.45) is 3.79. The Labute approximate surface area is 167 Å². The maximum atomic E-state index is 12.5. The third-order valence-electron chi connectivity index (χ3n) is 4.83. The van der Waals surface area contributed by atoms with Crippen molar-refractivity contribution in [2.75, 3.05) is 18.5 Å². The number of pyridine rings is 1. The number of anilines is 1. The van der Waals surface area contributed by atoms with Crippen molar-refractivity contribution in [1.82, 2.24) is 9.38 Å². The monoisotopic (exact) mass is 385 g/mol. The van der Waals surface area contributed by atoms with Gasteiger partial charge in [-0.25, -0.2) is 4.98 Å². The number of nitrogens with zero attached hydrogens (tertiary/aromatic N) is 2. The SMILES string of the molecule is Cc1cccc(C(=O)Nc2ccc3nc(-c4ccc5c(c4)OCCO5)cn3c2)c1. The van der Waals surface area contributed by atoms with Gasteiger partial charge in [-0.2, -0.15) is 0 Å². The maximum Gasteiger partial charge on any atom is 0.255 e. The molecule has 1 amide bonds. The van der Waals surface area contributed by atoms with Crippen LogP contribution in [-0.2, 0) is 0 Å². The van der Waals surface area contributed by atoms with Crippen LogP contribution in [0.1, 0.15) is 15.9 Å². The highest BCUT2D eigenvalue weighted by atomic mass is 16.6. The molecular weight excluding hydrogens is 366 g/mol. The van der Waals surface area contributed by atoms with Crippen molar-refractivity contribution in [3.8, 4) is 22.8 Å². The maximum absolute atomic E-state index is 12.5. The second-order valence-electron chi connectivity index (χ2n) is 6.99. The highest BCUT2D eigenvalue weighted by Gasteiger charge is 2.14. The Morgan fingerprint density at radius 1 is 1.00 bits per heavy atom. The lowest BCUT2D eigenvalue weighted by Crippen LogP contribution is -2.15. The van der Waals surface area contributed by atoms with Crippen molar-refractivity contribution in [3.63, 3.8) is 0 Å². The van der Waals surface area contributed by atoms with Crippen LogP contribution in [0.5, 0.6) is 11.5 Å². The van der Waals surface area contributed by atoms with Gasteiger partial charge in [0.1, 0.15) is 18.9 Å². The number of hydrogen-bond donors (Lipinski definition) is 1. The standard InChI is InChI=1S/C23H19N3O3/c1-15-3-2-4-17(11-15)23(27)24-18-6-8-22-25-19(14-26(22)13-18)16-5-7-20-21(12-16)29-10-9-28-20/h2-8,11-14H,9-10H2,1H3,(H,24,27). The van der Waals surface area contributed by atoms with E-state index in [1.807, 2.05) is 72.2 Å². The third-order valence-corrected chi connectivity index (χ3v) is 4.83. The van der Waals surface area contributed by atoms with E-state index >= 15 is 0 Å². The van der Waals surface area contributed by atoms with Crippen LogP contribution in [0.25, 0.3) is 16.9 Å². The van der Waals surface area contributed by atoms with Gasteiger partial charge in [-0.05, 0) is 49.4 Å². The molecule has 1 N–H and O–H groups in total. The lowest BCUT2D eigenvalue weighted by Gasteiger charge is -2.18. The Balaban J connectivity index is 1.42. The average Bonchev–Trinajstić information content (AvgIpc) is 3.17. The van der Waals surface area contributed by atoms with Crippen LogP contribution in [0.15, 0.2) is 67.0 Å². The number of imidazole rings is 1. The number of hydrogen-bond acceptors (Lipinski definition) is 4. The molecule has 0 bridgehead atoms. The molecule has 0 aliphatic carbocycles. The molecule has 4 aromatic rings. The second-order valence-corrected chi connectivity index (χ2v) is 6.99. The topological polar surface area (TPSA) is 64.9 Å². The summed E-state index contributed by atoms with van der Waals surface area (Å²) in [6.45, 7) is 3.08. The minimum Gasteiger partial charge on any atom is -0.486 e. The summed E-state index contributed by atoms with van der Waals surface area (Å²) < 4.78 is 13.1. The molecule has 0 spiro atoms. The number of fused-ring (bicyclic) bond motifs is 2. The van der Waals surface area contributed by atoms with E-state index in [1.165, 1.54) is 0 Å². The van der Waals surface area contributed by atoms with E-state index in [9.17, 15) is 4.79 Å². The van der Waals surface area contributed by atoms with E-state index in [2.05, 4.69) is 10.3 Å². The van der Waals surface area contributed by atoms with Crippen LogP contribution in [0.3, 0.4) is 0 Å². The van der Waals surface area contributed by atoms with E-state index in [1.54, 1.807) is 6.07 Å². The van der Waals surface area contributed by atoms with Crippen LogP contribution in [-0.4, -0.2) is 28.5 Å². The molecule has 6 nitrogen and oxygen atoms in total. The van der Waals surface area contributed by atoms with Gasteiger partial charge in [0.15, 0.2) is 11.5 Å². The zero-order valence-electron chi connectivity index (χ0n) is 15.9. The Morgan fingerprint density at radius 2 is 1.86 bits per heavy atom. The highest BCUT2D eigenvalue weighted by Crippen LogP contribution is 2.34. The van der Waals surface area contributed by atoms with Crippen LogP contribution in [0.4, 0.5) is 5.69 Å². The second kappa shape index (κ2) is 6.98. The zero-order chi connectivity index (χ0) is 19.8. The zero-order valence-corrected chi connectivity index (χ0v) is 15.9. The molecule has 0 unspecified atom stereocenters. The molecule has 29 heavy (non-hydrogen) atoms. The fourth-order valence-electron chi connectivity index (χ4n) is 3.40. The normalized spacial score (nSPS) is 12.7. The molecule has 6 heteroatoms. The van der Waals surface area contributed by atoms with E-state index in [0.29, 0.717) is 24.5 Å². The fraction of sp³-hybridized carbons (Fsp3) is 0.130. The molecule has 144 valence electrons. The number of nitrogens with one attached hydrogen (secondary N) is 1. The number of benzene rings is 2. The van der Waals surface area contributed by atoms with Crippen molar-refractivity contribution in [3.05, 3.63) is 78.1 Å². The van der Waals surface area contributed by atoms with Crippen molar-refractivity contribution >= 4 is 17.2 Å². The highest BCUT2D eigenvalue weighted by molar-refractivity contribution is 6.04. The minimum absolute atomic E-state index is 0.139. The summed E-state index contributed by atoms with van der Waals surface area (Å²) >= 11 is 0. The van der Waals surface area contributed by atoms with Gasteiger partial charge >= 0.3 is 0 Å². The first-order valence-electron chi connectivity index (χ1n) is 9.42. The predicted molar refractivity (Wildman–Crippen MR) is 111 cm³/mol. The number of amides is 1. The molecule has 3 heterocycles. The van der Waals surface area contributed by atoms with Crippen molar-refractivity contribution in [1.29, 1.82) is 0 Å². The number of carbonyl (C=O) groups is 1. The van der Waals surface area contributed by atoms with Crippen LogP contribution in [0.2, 0.25) is 0 Å². The molecule has 0 fully saturated rings. The molecule has 1 aliphatic rings. The predicted octanol–water partition coefficient (Wildman–Crippen LogP) is 4.33. The molecular formula is C23H19N3O3. The van der Waals surface area contributed by atoms with Gasteiger partial charge in [-0.15, -0.1) is 0 Å². The van der Waals surface area contributed by atoms with Gasteiger partial charge in [-0.1, -0.05) is 17.7 Å². The van der Waals surface area contributed by atoms with Gasteiger partial charge in [0.05, 0.1) is 11.4 Å². The van der Waals surface area contributed by atoms with Crippen molar-refractivity contribution in [2.45, 2.75) is 6.92 Å². The third kappa shape index (κ3) is 3.40. The number of carbonyl (C=O) groups excluding carboxylic acids is 1.